The van der Waals surface area contributed by atoms with Gasteiger partial charge < -0.3 is 5.32 Å². The van der Waals surface area contributed by atoms with Crippen molar-refractivity contribution in [3.8, 4) is 6.07 Å². The Morgan fingerprint density at radius 1 is 1.60 bits per heavy atom. The van der Waals surface area contributed by atoms with Crippen molar-refractivity contribution in [1.29, 1.82) is 5.26 Å². The minimum atomic E-state index is -0.603. The largest absolute Gasteiger partial charge is 0.355 e. The summed E-state index contributed by atoms with van der Waals surface area (Å²) in [5, 5.41) is 25.7. The van der Waals surface area contributed by atoms with Crippen molar-refractivity contribution < 1.29 is 4.92 Å². The monoisotopic (exact) mass is 289 g/mol. The van der Waals surface area contributed by atoms with E-state index in [0.717, 1.165) is 10.7 Å². The van der Waals surface area contributed by atoms with E-state index in [-0.39, 0.29) is 23.1 Å². The smallest absolute Gasteiger partial charge is 0.328 e. The van der Waals surface area contributed by atoms with E-state index in [1.54, 1.807) is 6.07 Å². The number of aromatic nitrogens is 2. The Labute approximate surface area is 119 Å². The maximum Gasteiger partial charge on any atom is 0.328 e. The zero-order valence-electron chi connectivity index (χ0n) is 10.8. The van der Waals surface area contributed by atoms with Gasteiger partial charge in [0.15, 0.2) is 0 Å². The van der Waals surface area contributed by atoms with E-state index < -0.39 is 4.92 Å². The molecule has 0 aliphatic rings. The molecule has 2 rings (SSSR count). The molecule has 0 aliphatic heterocycles. The van der Waals surface area contributed by atoms with E-state index in [9.17, 15) is 10.1 Å². The third-order valence-electron chi connectivity index (χ3n) is 2.59. The topological polar surface area (TPSA) is 105 Å². The number of nitrogens with one attached hydrogen (secondary N) is 1. The Kier molecular flexibility index (Phi) is 3.91. The SMILES string of the molecule is Cc1csc(C(C)Nc2nccc(C#N)c2[N+](=O)[O-])n1. The summed E-state index contributed by atoms with van der Waals surface area (Å²) in [5.74, 6) is 0.0782. The molecule has 102 valence electrons. The number of nitriles is 1. The van der Waals surface area contributed by atoms with Gasteiger partial charge in [-0.05, 0) is 19.9 Å². The zero-order chi connectivity index (χ0) is 14.7. The Morgan fingerprint density at radius 2 is 2.35 bits per heavy atom. The lowest BCUT2D eigenvalue weighted by Crippen LogP contribution is -2.10. The Balaban J connectivity index is 2.34. The quantitative estimate of drug-likeness (QED) is 0.685. The molecule has 8 heteroatoms. The Bertz CT molecular complexity index is 691. The summed E-state index contributed by atoms with van der Waals surface area (Å²) >= 11 is 1.46. The van der Waals surface area contributed by atoms with Gasteiger partial charge in [0, 0.05) is 17.3 Å². The summed E-state index contributed by atoms with van der Waals surface area (Å²) in [4.78, 5) is 18.8. The summed E-state index contributed by atoms with van der Waals surface area (Å²) in [7, 11) is 0. The molecule has 0 spiro atoms. The molecule has 0 saturated heterocycles. The lowest BCUT2D eigenvalue weighted by atomic mass is 10.2. The predicted molar refractivity (Wildman–Crippen MR) is 74.5 cm³/mol. The van der Waals surface area contributed by atoms with E-state index in [2.05, 4.69) is 15.3 Å². The molecule has 0 fully saturated rings. The van der Waals surface area contributed by atoms with Gasteiger partial charge in [0.1, 0.15) is 16.6 Å². The average Bonchev–Trinajstić information content (AvgIpc) is 2.84. The first-order valence-electron chi connectivity index (χ1n) is 5.75. The van der Waals surface area contributed by atoms with Crippen LogP contribution in [-0.2, 0) is 0 Å². The highest BCUT2D eigenvalue weighted by molar-refractivity contribution is 7.09. The van der Waals surface area contributed by atoms with Crippen LogP contribution < -0.4 is 5.32 Å². The first-order valence-corrected chi connectivity index (χ1v) is 6.63. The second kappa shape index (κ2) is 5.63. The molecule has 7 nitrogen and oxygen atoms in total. The molecule has 0 saturated carbocycles. The molecule has 0 amide bonds. The van der Waals surface area contributed by atoms with Crippen LogP contribution in [0.25, 0.3) is 0 Å². The van der Waals surface area contributed by atoms with Crippen LogP contribution in [0, 0.1) is 28.4 Å². The number of nitro groups is 1. The maximum atomic E-state index is 11.1. The van der Waals surface area contributed by atoms with E-state index in [1.165, 1.54) is 23.6 Å². The molecule has 2 aromatic heterocycles. The van der Waals surface area contributed by atoms with Crippen molar-refractivity contribution in [1.82, 2.24) is 9.97 Å². The van der Waals surface area contributed by atoms with Crippen LogP contribution in [0.15, 0.2) is 17.6 Å². The summed E-state index contributed by atoms with van der Waals surface area (Å²) in [5.41, 5.74) is 0.567. The van der Waals surface area contributed by atoms with Gasteiger partial charge in [0.05, 0.1) is 11.0 Å². The molecule has 1 unspecified atom stereocenters. The number of aryl methyl sites for hydroxylation is 1. The van der Waals surface area contributed by atoms with Gasteiger partial charge in [-0.25, -0.2) is 9.97 Å². The molecule has 0 bridgehead atoms. The molecule has 2 aromatic rings. The molecular formula is C12H11N5O2S. The van der Waals surface area contributed by atoms with Crippen LogP contribution in [0.2, 0.25) is 0 Å². The Hall–Kier alpha value is -2.53. The second-order valence-corrected chi connectivity index (χ2v) is 5.01. The minimum Gasteiger partial charge on any atom is -0.355 e. The first kappa shape index (κ1) is 13.9. The normalized spacial score (nSPS) is 11.7. The van der Waals surface area contributed by atoms with Crippen molar-refractivity contribution >= 4 is 22.8 Å². The van der Waals surface area contributed by atoms with Crippen molar-refractivity contribution in [2.75, 3.05) is 5.32 Å². The van der Waals surface area contributed by atoms with Crippen LogP contribution in [-0.4, -0.2) is 14.9 Å². The standard InChI is InChI=1S/C12H11N5O2S/c1-7-6-20-12(15-7)8(2)16-11-10(17(18)19)9(5-13)3-4-14-11/h3-4,6,8H,1-2H3,(H,14,16). The van der Waals surface area contributed by atoms with Gasteiger partial charge >= 0.3 is 5.69 Å². The van der Waals surface area contributed by atoms with Gasteiger partial charge in [-0.1, -0.05) is 0 Å². The van der Waals surface area contributed by atoms with Gasteiger partial charge in [-0.2, -0.15) is 5.26 Å². The van der Waals surface area contributed by atoms with Crippen LogP contribution in [0.1, 0.15) is 29.2 Å². The molecular weight excluding hydrogens is 278 g/mol. The number of hydrogen-bond acceptors (Lipinski definition) is 7. The van der Waals surface area contributed by atoms with E-state index in [0.29, 0.717) is 0 Å². The zero-order valence-corrected chi connectivity index (χ0v) is 11.6. The Morgan fingerprint density at radius 3 is 2.90 bits per heavy atom. The second-order valence-electron chi connectivity index (χ2n) is 4.12. The minimum absolute atomic E-state index is 0.0185. The predicted octanol–water partition coefficient (Wildman–Crippen LogP) is 2.80. The van der Waals surface area contributed by atoms with Crippen molar-refractivity contribution in [3.05, 3.63) is 44.0 Å². The summed E-state index contributed by atoms with van der Waals surface area (Å²) in [6, 6.07) is 2.89. The molecule has 0 radical (unpaired) electrons. The highest BCUT2D eigenvalue weighted by Gasteiger charge is 2.23. The lowest BCUT2D eigenvalue weighted by molar-refractivity contribution is -0.384. The van der Waals surface area contributed by atoms with E-state index in [1.807, 2.05) is 19.2 Å². The lowest BCUT2D eigenvalue weighted by Gasteiger charge is -2.12. The number of pyridine rings is 1. The van der Waals surface area contributed by atoms with Gasteiger partial charge in [0.2, 0.25) is 5.82 Å². The molecule has 0 aliphatic carbocycles. The number of hydrogen-bond donors (Lipinski definition) is 1. The van der Waals surface area contributed by atoms with Crippen LogP contribution in [0.4, 0.5) is 11.5 Å². The van der Waals surface area contributed by atoms with E-state index in [4.69, 9.17) is 5.26 Å². The fourth-order valence-electron chi connectivity index (χ4n) is 1.67. The molecule has 0 aromatic carbocycles. The highest BCUT2D eigenvalue weighted by atomic mass is 32.1. The fourth-order valence-corrected chi connectivity index (χ4v) is 2.48. The summed E-state index contributed by atoms with van der Waals surface area (Å²) < 4.78 is 0. The van der Waals surface area contributed by atoms with Crippen molar-refractivity contribution in [3.63, 3.8) is 0 Å². The van der Waals surface area contributed by atoms with Gasteiger partial charge in [-0.3, -0.25) is 10.1 Å². The highest BCUT2D eigenvalue weighted by Crippen LogP contribution is 2.29. The maximum absolute atomic E-state index is 11.1. The van der Waals surface area contributed by atoms with E-state index >= 15 is 0 Å². The van der Waals surface area contributed by atoms with Crippen LogP contribution in [0.3, 0.4) is 0 Å². The van der Waals surface area contributed by atoms with Crippen LogP contribution >= 0.6 is 11.3 Å². The number of rotatable bonds is 4. The summed E-state index contributed by atoms with van der Waals surface area (Å²) in [6.07, 6.45) is 1.37. The third kappa shape index (κ3) is 2.73. The summed E-state index contributed by atoms with van der Waals surface area (Å²) in [6.45, 7) is 3.71. The number of thiazole rings is 1. The molecule has 2 heterocycles. The first-order chi connectivity index (χ1) is 9.52. The molecule has 1 atom stereocenters. The number of anilines is 1. The molecule has 20 heavy (non-hydrogen) atoms. The van der Waals surface area contributed by atoms with Gasteiger partial charge in [0.25, 0.3) is 0 Å². The van der Waals surface area contributed by atoms with Crippen molar-refractivity contribution in [2.24, 2.45) is 0 Å². The third-order valence-corrected chi connectivity index (χ3v) is 3.73. The fraction of sp³-hybridized carbons (Fsp3) is 0.250. The van der Waals surface area contributed by atoms with Crippen LogP contribution in [0.5, 0.6) is 0 Å². The van der Waals surface area contributed by atoms with Crippen molar-refractivity contribution in [2.45, 2.75) is 19.9 Å². The molecule has 1 N–H and O–H groups in total. The average molecular weight is 289 g/mol. The van der Waals surface area contributed by atoms with Gasteiger partial charge in [-0.15, -0.1) is 11.3 Å². The number of nitrogens with zero attached hydrogens (tertiary/aromatic N) is 4.